The van der Waals surface area contributed by atoms with Crippen molar-refractivity contribution >= 4 is 34.0 Å². The number of thiazole rings is 1. The van der Waals surface area contributed by atoms with Crippen LogP contribution in [0.15, 0.2) is 5.38 Å². The van der Waals surface area contributed by atoms with Gasteiger partial charge in [0.15, 0.2) is 0 Å². The summed E-state index contributed by atoms with van der Waals surface area (Å²) < 4.78 is 0. The monoisotopic (exact) mass is 206 g/mol. The van der Waals surface area contributed by atoms with Gasteiger partial charge in [0.1, 0.15) is 0 Å². The topological polar surface area (TPSA) is 53.4 Å². The standard InChI is InChI=1S/C6H7ClN2O2S/c1-4(10)9(11)6-8-5(2-7)3-12-6/h3,11H,2H2,1H3. The second-order valence-electron chi connectivity index (χ2n) is 2.09. The van der Waals surface area contributed by atoms with Crippen molar-refractivity contribution in [2.45, 2.75) is 12.8 Å². The predicted octanol–water partition coefficient (Wildman–Crippen LogP) is 1.62. The first kappa shape index (κ1) is 9.44. The van der Waals surface area contributed by atoms with Crippen molar-refractivity contribution in [1.82, 2.24) is 4.98 Å². The molecule has 1 aromatic heterocycles. The fourth-order valence-electron chi connectivity index (χ4n) is 0.590. The van der Waals surface area contributed by atoms with E-state index in [4.69, 9.17) is 16.8 Å². The molecule has 0 fully saturated rings. The molecule has 1 amide bonds. The summed E-state index contributed by atoms with van der Waals surface area (Å²) in [6.07, 6.45) is 0. The molecule has 66 valence electrons. The number of rotatable bonds is 2. The summed E-state index contributed by atoms with van der Waals surface area (Å²) in [4.78, 5) is 14.5. The van der Waals surface area contributed by atoms with Crippen LogP contribution < -0.4 is 5.06 Å². The second-order valence-corrected chi connectivity index (χ2v) is 3.19. The van der Waals surface area contributed by atoms with Crippen molar-refractivity contribution in [3.8, 4) is 0 Å². The molecule has 0 saturated carbocycles. The number of amides is 1. The molecule has 1 N–H and O–H groups in total. The first-order valence-electron chi connectivity index (χ1n) is 3.15. The van der Waals surface area contributed by atoms with Crippen LogP contribution in [0.4, 0.5) is 5.13 Å². The lowest BCUT2D eigenvalue weighted by atomic mass is 10.6. The zero-order valence-electron chi connectivity index (χ0n) is 6.32. The summed E-state index contributed by atoms with van der Waals surface area (Å²) in [5.74, 6) is -0.187. The molecule has 1 rings (SSSR count). The van der Waals surface area contributed by atoms with E-state index in [-0.39, 0.29) is 11.0 Å². The predicted molar refractivity (Wildman–Crippen MR) is 46.6 cm³/mol. The van der Waals surface area contributed by atoms with Crippen molar-refractivity contribution < 1.29 is 10.0 Å². The number of hydrogen-bond acceptors (Lipinski definition) is 4. The van der Waals surface area contributed by atoms with Crippen LogP contribution in [0.25, 0.3) is 0 Å². The Hall–Kier alpha value is -0.650. The molecule has 0 radical (unpaired) electrons. The molecule has 1 aromatic rings. The van der Waals surface area contributed by atoms with Crippen LogP contribution in [0.5, 0.6) is 0 Å². The molecule has 0 aromatic carbocycles. The lowest BCUT2D eigenvalue weighted by Crippen LogP contribution is -2.23. The van der Waals surface area contributed by atoms with E-state index in [9.17, 15) is 4.79 Å². The second kappa shape index (κ2) is 3.84. The van der Waals surface area contributed by atoms with Gasteiger partial charge in [0, 0.05) is 12.3 Å². The summed E-state index contributed by atoms with van der Waals surface area (Å²) >= 11 is 6.65. The van der Waals surface area contributed by atoms with E-state index >= 15 is 0 Å². The molecule has 4 nitrogen and oxygen atoms in total. The van der Waals surface area contributed by atoms with Crippen molar-refractivity contribution in [2.24, 2.45) is 0 Å². The first-order valence-corrected chi connectivity index (χ1v) is 4.56. The van der Waals surface area contributed by atoms with Crippen LogP contribution >= 0.6 is 22.9 Å². The number of halogens is 1. The maximum absolute atomic E-state index is 10.7. The maximum Gasteiger partial charge on any atom is 0.249 e. The minimum Gasteiger partial charge on any atom is -0.279 e. The third-order valence-corrected chi connectivity index (χ3v) is 2.29. The summed E-state index contributed by atoms with van der Waals surface area (Å²) in [5.41, 5.74) is 0.650. The number of carbonyl (C=O) groups excluding carboxylic acids is 1. The number of carbonyl (C=O) groups is 1. The maximum atomic E-state index is 10.7. The van der Waals surface area contributed by atoms with Crippen LogP contribution in [0, 0.1) is 0 Å². The van der Waals surface area contributed by atoms with Gasteiger partial charge in [0.25, 0.3) is 0 Å². The highest BCUT2D eigenvalue weighted by atomic mass is 35.5. The highest BCUT2D eigenvalue weighted by Crippen LogP contribution is 2.19. The van der Waals surface area contributed by atoms with Crippen LogP contribution in [0.2, 0.25) is 0 Å². The van der Waals surface area contributed by atoms with E-state index in [1.54, 1.807) is 5.38 Å². The lowest BCUT2D eigenvalue weighted by Gasteiger charge is -2.06. The van der Waals surface area contributed by atoms with Crippen molar-refractivity contribution in [1.29, 1.82) is 0 Å². The summed E-state index contributed by atoms with van der Waals surface area (Å²) in [7, 11) is 0. The Morgan fingerprint density at radius 1 is 1.92 bits per heavy atom. The Kier molecular flexibility index (Phi) is 3.02. The van der Waals surface area contributed by atoms with Gasteiger partial charge in [-0.15, -0.1) is 22.9 Å². The fraction of sp³-hybridized carbons (Fsp3) is 0.333. The quantitative estimate of drug-likeness (QED) is 0.455. The van der Waals surface area contributed by atoms with Gasteiger partial charge in [-0.2, -0.15) is 5.06 Å². The van der Waals surface area contributed by atoms with E-state index in [2.05, 4.69) is 4.98 Å². The fourth-order valence-corrected chi connectivity index (χ4v) is 1.59. The summed E-state index contributed by atoms with van der Waals surface area (Å²) in [5, 5.41) is 11.5. The molecule has 12 heavy (non-hydrogen) atoms. The third-order valence-electron chi connectivity index (χ3n) is 1.16. The smallest absolute Gasteiger partial charge is 0.249 e. The summed E-state index contributed by atoms with van der Waals surface area (Å²) in [6, 6.07) is 0. The van der Waals surface area contributed by atoms with E-state index < -0.39 is 5.91 Å². The van der Waals surface area contributed by atoms with Gasteiger partial charge in [0.2, 0.25) is 11.0 Å². The van der Waals surface area contributed by atoms with Gasteiger partial charge in [-0.05, 0) is 0 Å². The van der Waals surface area contributed by atoms with Gasteiger partial charge in [0.05, 0.1) is 11.6 Å². The first-order chi connectivity index (χ1) is 5.65. The Morgan fingerprint density at radius 2 is 2.58 bits per heavy atom. The van der Waals surface area contributed by atoms with Gasteiger partial charge in [-0.3, -0.25) is 10.0 Å². The van der Waals surface area contributed by atoms with E-state index in [1.165, 1.54) is 18.3 Å². The largest absolute Gasteiger partial charge is 0.279 e. The molecule has 6 heteroatoms. The van der Waals surface area contributed by atoms with Gasteiger partial charge >= 0.3 is 0 Å². The number of alkyl halides is 1. The van der Waals surface area contributed by atoms with Crippen molar-refractivity contribution in [3.05, 3.63) is 11.1 Å². The average molecular weight is 207 g/mol. The Bertz CT molecular complexity index is 289. The molecule has 0 saturated heterocycles. The van der Waals surface area contributed by atoms with Crippen LogP contribution in [-0.2, 0) is 10.7 Å². The Balaban J connectivity index is 2.81. The van der Waals surface area contributed by atoms with Crippen molar-refractivity contribution in [3.63, 3.8) is 0 Å². The Labute approximate surface area is 78.4 Å². The lowest BCUT2D eigenvalue weighted by molar-refractivity contribution is -0.121. The molecule has 0 aliphatic carbocycles. The normalized spacial score (nSPS) is 9.92. The van der Waals surface area contributed by atoms with Crippen LogP contribution in [0.3, 0.4) is 0 Å². The minimum atomic E-state index is -0.467. The van der Waals surface area contributed by atoms with Gasteiger partial charge in [-0.25, -0.2) is 4.98 Å². The summed E-state index contributed by atoms with van der Waals surface area (Å²) in [6.45, 7) is 1.25. The number of hydrogen-bond donors (Lipinski definition) is 1. The number of anilines is 1. The zero-order chi connectivity index (χ0) is 9.14. The molecule has 0 bridgehead atoms. The number of aromatic nitrogens is 1. The molecule has 1 heterocycles. The third kappa shape index (κ3) is 1.94. The number of nitrogens with zero attached hydrogens (tertiary/aromatic N) is 2. The van der Waals surface area contributed by atoms with E-state index in [0.29, 0.717) is 10.8 Å². The van der Waals surface area contributed by atoms with Gasteiger partial charge in [-0.1, -0.05) is 0 Å². The Morgan fingerprint density at radius 3 is 3.00 bits per heavy atom. The molecule has 0 unspecified atom stereocenters. The van der Waals surface area contributed by atoms with Crippen LogP contribution in [0.1, 0.15) is 12.6 Å². The van der Waals surface area contributed by atoms with E-state index in [1.807, 2.05) is 0 Å². The molecule has 0 aliphatic heterocycles. The number of hydroxylamine groups is 1. The SMILES string of the molecule is CC(=O)N(O)c1nc(CCl)cs1. The molecule has 0 atom stereocenters. The highest BCUT2D eigenvalue weighted by molar-refractivity contribution is 7.13. The minimum absolute atomic E-state index is 0.248. The van der Waals surface area contributed by atoms with Crippen molar-refractivity contribution in [2.75, 3.05) is 5.06 Å². The molecular formula is C6H7ClN2O2S. The molecular weight excluding hydrogens is 200 g/mol. The average Bonchev–Trinajstić information content (AvgIpc) is 2.50. The molecule has 0 spiro atoms. The van der Waals surface area contributed by atoms with Crippen LogP contribution in [-0.4, -0.2) is 16.1 Å². The highest BCUT2D eigenvalue weighted by Gasteiger charge is 2.11. The molecule has 0 aliphatic rings. The van der Waals surface area contributed by atoms with E-state index in [0.717, 1.165) is 0 Å². The van der Waals surface area contributed by atoms with Gasteiger partial charge < -0.3 is 0 Å². The zero-order valence-corrected chi connectivity index (χ0v) is 7.89.